The Kier molecular flexibility index (Phi) is 4.97. The molecular formula is C19H22N4O2. The minimum absolute atomic E-state index is 0.161. The summed E-state index contributed by atoms with van der Waals surface area (Å²) < 4.78 is 7.16. The zero-order valence-corrected chi connectivity index (χ0v) is 14.7. The molecule has 0 aliphatic rings. The fraction of sp³-hybridized carbons (Fsp3) is 0.316. The minimum atomic E-state index is -0.161. The number of carbonyl (C=O) groups is 1. The van der Waals surface area contributed by atoms with Crippen LogP contribution >= 0.6 is 0 Å². The number of hydrogen-bond donors (Lipinski definition) is 1. The maximum absolute atomic E-state index is 12.3. The van der Waals surface area contributed by atoms with Crippen LogP contribution in [0.15, 0.2) is 36.4 Å². The van der Waals surface area contributed by atoms with E-state index in [0.717, 1.165) is 41.0 Å². The number of aromatic nitrogens is 3. The Morgan fingerprint density at radius 1 is 1.20 bits per heavy atom. The summed E-state index contributed by atoms with van der Waals surface area (Å²) in [5.74, 6) is 0.613. The molecule has 1 N–H and O–H groups in total. The van der Waals surface area contributed by atoms with Crippen molar-refractivity contribution in [2.75, 3.05) is 13.7 Å². The lowest BCUT2D eigenvalue weighted by Gasteiger charge is -2.07. The minimum Gasteiger partial charge on any atom is -0.497 e. The Morgan fingerprint density at radius 2 is 2.04 bits per heavy atom. The van der Waals surface area contributed by atoms with Gasteiger partial charge >= 0.3 is 0 Å². The van der Waals surface area contributed by atoms with Crippen molar-refractivity contribution in [1.29, 1.82) is 0 Å². The van der Waals surface area contributed by atoms with E-state index in [9.17, 15) is 4.79 Å². The Bertz CT molecular complexity index is 902. The second kappa shape index (κ2) is 7.34. The summed E-state index contributed by atoms with van der Waals surface area (Å²) in [4.78, 5) is 16.7. The zero-order valence-electron chi connectivity index (χ0n) is 14.7. The highest BCUT2D eigenvalue weighted by Gasteiger charge is 2.08. The van der Waals surface area contributed by atoms with Crippen molar-refractivity contribution in [3.63, 3.8) is 0 Å². The first-order valence-electron chi connectivity index (χ1n) is 8.31. The molecule has 6 nitrogen and oxygen atoms in total. The molecule has 1 aromatic carbocycles. The molecule has 3 aromatic rings. The Balaban J connectivity index is 1.57. The molecular weight excluding hydrogens is 316 g/mol. The predicted molar refractivity (Wildman–Crippen MR) is 96.9 cm³/mol. The molecule has 0 spiro atoms. The van der Waals surface area contributed by atoms with Crippen molar-refractivity contribution in [2.45, 2.75) is 26.8 Å². The number of carbonyl (C=O) groups excluding carboxylic acids is 1. The van der Waals surface area contributed by atoms with E-state index in [1.165, 1.54) is 0 Å². The average Bonchev–Trinajstić information content (AvgIpc) is 2.94. The van der Waals surface area contributed by atoms with E-state index in [-0.39, 0.29) is 5.91 Å². The molecule has 0 bridgehead atoms. The summed E-state index contributed by atoms with van der Waals surface area (Å²) in [6, 6.07) is 11.3. The number of fused-ring (bicyclic) bond motifs is 1. The van der Waals surface area contributed by atoms with E-state index in [1.54, 1.807) is 13.2 Å². The highest BCUT2D eigenvalue weighted by atomic mass is 16.5. The van der Waals surface area contributed by atoms with Crippen LogP contribution in [0, 0.1) is 13.8 Å². The molecule has 3 rings (SSSR count). The van der Waals surface area contributed by atoms with Crippen molar-refractivity contribution in [3.8, 4) is 5.75 Å². The number of benzene rings is 1. The smallest absolute Gasteiger partial charge is 0.269 e. The van der Waals surface area contributed by atoms with Crippen LogP contribution < -0.4 is 10.1 Å². The molecule has 0 radical (unpaired) electrons. The van der Waals surface area contributed by atoms with Crippen LogP contribution in [0.1, 0.15) is 28.3 Å². The van der Waals surface area contributed by atoms with Gasteiger partial charge in [-0.15, -0.1) is 0 Å². The standard InChI is InChI=1S/C19H22N4O2/c1-13-11-14(2)23(22-13)10-4-9-20-19(24)18-7-5-15-12-16(25-3)6-8-17(15)21-18/h5-8,11-12H,4,9-10H2,1-3H3,(H,20,24). The maximum Gasteiger partial charge on any atom is 0.269 e. The second-order valence-corrected chi connectivity index (χ2v) is 6.01. The van der Waals surface area contributed by atoms with E-state index in [4.69, 9.17) is 4.74 Å². The fourth-order valence-electron chi connectivity index (χ4n) is 2.78. The van der Waals surface area contributed by atoms with Crippen LogP contribution in [0.25, 0.3) is 10.9 Å². The van der Waals surface area contributed by atoms with Crippen LogP contribution in [-0.2, 0) is 6.54 Å². The van der Waals surface area contributed by atoms with Gasteiger partial charge < -0.3 is 10.1 Å². The zero-order chi connectivity index (χ0) is 17.8. The number of aryl methyl sites for hydroxylation is 3. The van der Waals surface area contributed by atoms with Gasteiger partial charge in [0.05, 0.1) is 18.3 Å². The Hall–Kier alpha value is -2.89. The van der Waals surface area contributed by atoms with Gasteiger partial charge in [-0.2, -0.15) is 5.10 Å². The van der Waals surface area contributed by atoms with Gasteiger partial charge in [-0.3, -0.25) is 9.48 Å². The fourth-order valence-corrected chi connectivity index (χ4v) is 2.78. The van der Waals surface area contributed by atoms with E-state index >= 15 is 0 Å². The van der Waals surface area contributed by atoms with E-state index < -0.39 is 0 Å². The summed E-state index contributed by atoms with van der Waals surface area (Å²) in [5, 5.41) is 8.28. The highest BCUT2D eigenvalue weighted by Crippen LogP contribution is 2.19. The number of rotatable bonds is 6. The summed E-state index contributed by atoms with van der Waals surface area (Å²) in [6.45, 7) is 5.38. The summed E-state index contributed by atoms with van der Waals surface area (Å²) >= 11 is 0. The number of nitrogens with zero attached hydrogens (tertiary/aromatic N) is 3. The van der Waals surface area contributed by atoms with Gasteiger partial charge in [-0.25, -0.2) is 4.98 Å². The van der Waals surface area contributed by atoms with Crippen LogP contribution in [0.2, 0.25) is 0 Å². The third kappa shape index (κ3) is 3.96. The summed E-state index contributed by atoms with van der Waals surface area (Å²) in [6.07, 6.45) is 0.818. The van der Waals surface area contributed by atoms with E-state index in [2.05, 4.69) is 15.4 Å². The predicted octanol–water partition coefficient (Wildman–Crippen LogP) is 2.88. The first-order chi connectivity index (χ1) is 12.1. The van der Waals surface area contributed by atoms with Crippen LogP contribution in [-0.4, -0.2) is 34.3 Å². The van der Waals surface area contributed by atoms with Crippen molar-refractivity contribution in [1.82, 2.24) is 20.1 Å². The van der Waals surface area contributed by atoms with Crippen molar-refractivity contribution in [2.24, 2.45) is 0 Å². The molecule has 0 aliphatic carbocycles. The number of pyridine rings is 1. The molecule has 130 valence electrons. The molecule has 6 heteroatoms. The normalized spacial score (nSPS) is 10.8. The molecule has 2 heterocycles. The third-order valence-corrected chi connectivity index (χ3v) is 4.06. The second-order valence-electron chi connectivity index (χ2n) is 6.01. The Labute approximate surface area is 146 Å². The van der Waals surface area contributed by atoms with Gasteiger partial charge in [0.25, 0.3) is 5.91 Å². The highest BCUT2D eigenvalue weighted by molar-refractivity contribution is 5.95. The molecule has 25 heavy (non-hydrogen) atoms. The van der Waals surface area contributed by atoms with Gasteiger partial charge in [0.2, 0.25) is 0 Å². The largest absolute Gasteiger partial charge is 0.497 e. The van der Waals surface area contributed by atoms with Crippen LogP contribution in [0.5, 0.6) is 5.75 Å². The van der Waals surface area contributed by atoms with E-state index in [1.807, 2.05) is 48.9 Å². The van der Waals surface area contributed by atoms with Gasteiger partial charge in [-0.05, 0) is 50.6 Å². The molecule has 0 aliphatic heterocycles. The number of methoxy groups -OCH3 is 1. The maximum atomic E-state index is 12.3. The van der Waals surface area contributed by atoms with Gasteiger partial charge in [0.1, 0.15) is 11.4 Å². The lowest BCUT2D eigenvalue weighted by Crippen LogP contribution is -2.26. The van der Waals surface area contributed by atoms with Crippen molar-refractivity contribution >= 4 is 16.8 Å². The Morgan fingerprint density at radius 3 is 2.76 bits per heavy atom. The lowest BCUT2D eigenvalue weighted by atomic mass is 10.2. The van der Waals surface area contributed by atoms with Gasteiger partial charge in [-0.1, -0.05) is 6.07 Å². The molecule has 2 aromatic heterocycles. The number of nitrogens with one attached hydrogen (secondary N) is 1. The molecule has 0 saturated heterocycles. The van der Waals surface area contributed by atoms with Crippen LogP contribution in [0.4, 0.5) is 0 Å². The SMILES string of the molecule is COc1ccc2nc(C(=O)NCCCn3nc(C)cc3C)ccc2c1. The topological polar surface area (TPSA) is 69.0 Å². The monoisotopic (exact) mass is 338 g/mol. The van der Waals surface area contributed by atoms with Gasteiger partial charge in [0, 0.05) is 24.2 Å². The number of amides is 1. The third-order valence-electron chi connectivity index (χ3n) is 4.06. The molecule has 1 amide bonds. The van der Waals surface area contributed by atoms with Crippen molar-refractivity contribution < 1.29 is 9.53 Å². The molecule has 0 atom stereocenters. The number of hydrogen-bond acceptors (Lipinski definition) is 4. The first-order valence-corrected chi connectivity index (χ1v) is 8.31. The van der Waals surface area contributed by atoms with Crippen LogP contribution in [0.3, 0.4) is 0 Å². The van der Waals surface area contributed by atoms with Gasteiger partial charge in [0.15, 0.2) is 0 Å². The first kappa shape index (κ1) is 17.0. The van der Waals surface area contributed by atoms with E-state index in [0.29, 0.717) is 12.2 Å². The molecule has 0 saturated carbocycles. The molecule has 0 unspecified atom stereocenters. The number of ether oxygens (including phenoxy) is 1. The summed E-state index contributed by atoms with van der Waals surface area (Å²) in [5.41, 5.74) is 3.34. The lowest BCUT2D eigenvalue weighted by molar-refractivity contribution is 0.0948. The molecule has 0 fully saturated rings. The average molecular weight is 338 g/mol. The quantitative estimate of drug-likeness (QED) is 0.702. The van der Waals surface area contributed by atoms with Crippen molar-refractivity contribution in [3.05, 3.63) is 53.5 Å². The summed E-state index contributed by atoms with van der Waals surface area (Å²) in [7, 11) is 1.63.